The van der Waals surface area contributed by atoms with E-state index in [9.17, 15) is 0 Å². The predicted octanol–water partition coefficient (Wildman–Crippen LogP) is 16.0. The molecule has 0 fully saturated rings. The van der Waals surface area contributed by atoms with E-state index in [0.29, 0.717) is 0 Å². The van der Waals surface area contributed by atoms with Gasteiger partial charge in [0.1, 0.15) is 0 Å². The van der Waals surface area contributed by atoms with Gasteiger partial charge in [-0.2, -0.15) is 0 Å². The van der Waals surface area contributed by atoms with E-state index in [1.54, 1.807) is 0 Å². The van der Waals surface area contributed by atoms with Crippen LogP contribution in [0.2, 0.25) is 0 Å². The van der Waals surface area contributed by atoms with E-state index in [2.05, 4.69) is 230 Å². The lowest BCUT2D eigenvalue weighted by atomic mass is 9.64. The molecule has 1 aromatic heterocycles. The minimum atomic E-state index is -0.558. The Morgan fingerprint density at radius 2 is 1.00 bits per heavy atom. The van der Waals surface area contributed by atoms with Gasteiger partial charge in [0.05, 0.1) is 32.9 Å². The molecule has 0 atom stereocenters. The van der Waals surface area contributed by atoms with Crippen molar-refractivity contribution in [3.05, 3.63) is 240 Å². The summed E-state index contributed by atoms with van der Waals surface area (Å²) in [5.41, 5.74) is 19.5. The van der Waals surface area contributed by atoms with E-state index in [0.717, 1.165) is 11.4 Å². The molecule has 288 valence electrons. The second-order valence-electron chi connectivity index (χ2n) is 17.2. The third-order valence-electron chi connectivity index (χ3n) is 13.8. The predicted molar refractivity (Wildman–Crippen MR) is 257 cm³/mol. The molecule has 10 aromatic rings. The Labute approximate surface area is 360 Å². The Balaban J connectivity index is 1.13. The maximum atomic E-state index is 2.59. The van der Waals surface area contributed by atoms with E-state index in [1.165, 1.54) is 98.6 Å². The Morgan fingerprint density at radius 1 is 0.426 bits per heavy atom. The molecular weight excluding hydrogens is 757 g/mol. The molecule has 0 radical (unpaired) electrons. The second-order valence-corrected chi connectivity index (χ2v) is 18.2. The minimum absolute atomic E-state index is 0.146. The normalized spacial score (nSPS) is 14.6. The second kappa shape index (κ2) is 12.7. The average molecular weight is 797 g/mol. The lowest BCUT2D eigenvalue weighted by Crippen LogP contribution is -2.36. The Kier molecular flexibility index (Phi) is 7.19. The highest BCUT2D eigenvalue weighted by Crippen LogP contribution is 2.65. The fourth-order valence-corrected chi connectivity index (χ4v) is 12.5. The number of fused-ring (bicyclic) bond motifs is 15. The van der Waals surface area contributed by atoms with Gasteiger partial charge in [0.2, 0.25) is 0 Å². The molecule has 0 N–H and O–H groups in total. The van der Waals surface area contributed by atoms with Crippen LogP contribution in [0.25, 0.3) is 42.4 Å². The highest BCUT2D eigenvalue weighted by atomic mass is 32.1. The number of anilines is 6. The molecule has 2 heterocycles. The third kappa shape index (κ3) is 4.56. The van der Waals surface area contributed by atoms with Gasteiger partial charge in [0.15, 0.2) is 0 Å². The zero-order valence-electron chi connectivity index (χ0n) is 33.9. The smallest absolute Gasteiger partial charge is 0.0755 e. The topological polar surface area (TPSA) is 6.48 Å². The molecule has 9 aromatic carbocycles. The van der Waals surface area contributed by atoms with E-state index < -0.39 is 5.41 Å². The molecule has 0 bridgehead atoms. The summed E-state index contributed by atoms with van der Waals surface area (Å²) >= 11 is 1.89. The fraction of sp³-hybridized carbons (Fsp3) is 0.0690. The summed E-state index contributed by atoms with van der Waals surface area (Å²) < 4.78 is 2.59. The summed E-state index contributed by atoms with van der Waals surface area (Å²) in [7, 11) is 0. The summed E-state index contributed by atoms with van der Waals surface area (Å²) in [5, 5.41) is 2.59. The molecule has 0 amide bonds. The summed E-state index contributed by atoms with van der Waals surface area (Å²) in [6.45, 7) is 4.77. The molecule has 1 aliphatic heterocycles. The first-order valence-electron chi connectivity index (χ1n) is 21.3. The first-order chi connectivity index (χ1) is 30.0. The van der Waals surface area contributed by atoms with Crippen LogP contribution in [0.4, 0.5) is 34.1 Å². The lowest BCUT2D eigenvalue weighted by molar-refractivity contribution is 0.660. The number of rotatable bonds is 4. The molecule has 3 heteroatoms. The van der Waals surface area contributed by atoms with Crippen LogP contribution in [-0.2, 0) is 10.8 Å². The molecule has 13 rings (SSSR count). The van der Waals surface area contributed by atoms with Crippen LogP contribution >= 0.6 is 11.3 Å². The number of nitrogens with zero attached hydrogens (tertiary/aromatic N) is 2. The largest absolute Gasteiger partial charge is 0.310 e. The standard InChI is InChI=1S/C58H40N2S/c1-57(2)44-24-9-6-20-39(44)40-35-34-38(36-49(40)57)60(53-32-16-23-42-41-21-8-15-33-54(41)61-56(42)53)52-31-17-28-48-55(52)43-22-7-10-25-45(43)58(48)46-26-11-13-29-50(46)59(37-18-4-3-5-19-37)51-30-14-12-27-47(51)58/h3-36H,1-2H3. The minimum Gasteiger partial charge on any atom is -0.310 e. The SMILES string of the molecule is CC1(C)c2ccccc2-c2ccc(N(c3cccc4c3-c3ccccc3C43c4ccccc4N(c4ccccc4)c4ccccc43)c3cccc4c3sc3ccccc34)cc21. The zero-order chi connectivity index (χ0) is 40.5. The molecule has 61 heavy (non-hydrogen) atoms. The number of hydrogen-bond acceptors (Lipinski definition) is 3. The van der Waals surface area contributed by atoms with Crippen LogP contribution in [0.15, 0.2) is 206 Å². The maximum absolute atomic E-state index is 2.59. The Bertz CT molecular complexity index is 3380. The number of para-hydroxylation sites is 3. The first kappa shape index (κ1) is 34.6. The van der Waals surface area contributed by atoms with Gasteiger partial charge in [-0.3, -0.25) is 0 Å². The van der Waals surface area contributed by atoms with E-state index in [4.69, 9.17) is 0 Å². The van der Waals surface area contributed by atoms with Crippen molar-refractivity contribution >= 4 is 65.6 Å². The van der Waals surface area contributed by atoms with Crippen LogP contribution in [0, 0.1) is 0 Å². The van der Waals surface area contributed by atoms with Crippen LogP contribution in [0.5, 0.6) is 0 Å². The van der Waals surface area contributed by atoms with Gasteiger partial charge in [-0.05, 0) is 105 Å². The Hall–Kier alpha value is -7.20. The molecular formula is C58H40N2S. The monoisotopic (exact) mass is 796 g/mol. The summed E-state index contributed by atoms with van der Waals surface area (Å²) in [4.78, 5) is 5.04. The van der Waals surface area contributed by atoms with Crippen LogP contribution in [0.1, 0.15) is 47.2 Å². The van der Waals surface area contributed by atoms with Crippen molar-refractivity contribution < 1.29 is 0 Å². The highest BCUT2D eigenvalue weighted by molar-refractivity contribution is 7.26. The number of thiophene rings is 1. The van der Waals surface area contributed by atoms with Crippen molar-refractivity contribution in [2.45, 2.75) is 24.7 Å². The molecule has 2 aliphatic carbocycles. The molecule has 0 saturated carbocycles. The van der Waals surface area contributed by atoms with Gasteiger partial charge in [0, 0.05) is 37.8 Å². The summed E-state index contributed by atoms with van der Waals surface area (Å²) in [5.74, 6) is 0. The Morgan fingerprint density at radius 3 is 1.79 bits per heavy atom. The van der Waals surface area contributed by atoms with E-state index in [1.807, 2.05) is 11.3 Å². The number of benzene rings is 9. The lowest BCUT2D eigenvalue weighted by Gasteiger charge is -2.45. The quantitative estimate of drug-likeness (QED) is 0.175. The summed E-state index contributed by atoms with van der Waals surface area (Å²) in [6.07, 6.45) is 0. The molecule has 2 nitrogen and oxygen atoms in total. The fourth-order valence-electron chi connectivity index (χ4n) is 11.3. The number of hydrogen-bond donors (Lipinski definition) is 0. The molecule has 3 aliphatic rings. The van der Waals surface area contributed by atoms with Gasteiger partial charge in [0.25, 0.3) is 0 Å². The van der Waals surface area contributed by atoms with Gasteiger partial charge < -0.3 is 9.80 Å². The van der Waals surface area contributed by atoms with Crippen molar-refractivity contribution in [2.24, 2.45) is 0 Å². The molecule has 0 saturated heterocycles. The third-order valence-corrected chi connectivity index (χ3v) is 15.1. The van der Waals surface area contributed by atoms with Crippen molar-refractivity contribution in [1.29, 1.82) is 0 Å². The summed E-state index contributed by atoms with van der Waals surface area (Å²) in [6, 6.07) is 77.2. The van der Waals surface area contributed by atoms with Gasteiger partial charge in [-0.1, -0.05) is 166 Å². The van der Waals surface area contributed by atoms with Crippen molar-refractivity contribution in [3.8, 4) is 22.3 Å². The maximum Gasteiger partial charge on any atom is 0.0755 e. The van der Waals surface area contributed by atoms with Crippen LogP contribution in [-0.4, -0.2) is 0 Å². The van der Waals surface area contributed by atoms with Gasteiger partial charge in [-0.15, -0.1) is 11.3 Å². The zero-order valence-corrected chi connectivity index (χ0v) is 34.7. The van der Waals surface area contributed by atoms with Crippen molar-refractivity contribution in [2.75, 3.05) is 9.80 Å². The van der Waals surface area contributed by atoms with Crippen LogP contribution < -0.4 is 9.80 Å². The first-order valence-corrected chi connectivity index (χ1v) is 22.1. The van der Waals surface area contributed by atoms with E-state index in [-0.39, 0.29) is 5.41 Å². The average Bonchev–Trinajstić information content (AvgIpc) is 3.92. The van der Waals surface area contributed by atoms with Crippen molar-refractivity contribution in [3.63, 3.8) is 0 Å². The molecule has 0 unspecified atom stereocenters. The van der Waals surface area contributed by atoms with Gasteiger partial charge in [-0.25, -0.2) is 0 Å². The van der Waals surface area contributed by atoms with Crippen molar-refractivity contribution in [1.82, 2.24) is 0 Å². The van der Waals surface area contributed by atoms with Crippen LogP contribution in [0.3, 0.4) is 0 Å². The highest BCUT2D eigenvalue weighted by Gasteiger charge is 2.52. The van der Waals surface area contributed by atoms with Gasteiger partial charge >= 0.3 is 0 Å². The van der Waals surface area contributed by atoms with E-state index >= 15 is 0 Å². The molecule has 1 spiro atoms.